The lowest BCUT2D eigenvalue weighted by atomic mass is 9.99. The first-order valence-electron chi connectivity index (χ1n) is 34.5. The minimum Gasteiger partial charge on any atom is -0.368 e. The normalized spacial score (nSPS) is 15.2. The number of benzene rings is 6. The van der Waals surface area contributed by atoms with Crippen LogP contribution in [0.4, 0.5) is 49.7 Å². The highest BCUT2D eigenvalue weighted by Crippen LogP contribution is 2.32. The van der Waals surface area contributed by atoms with Crippen LogP contribution in [-0.2, 0) is 57.4 Å². The Hall–Kier alpha value is -10.3. The first-order chi connectivity index (χ1) is 50.9. The van der Waals surface area contributed by atoms with Gasteiger partial charge in [0, 0.05) is 166 Å². The third-order valence-corrected chi connectivity index (χ3v) is 24.3. The zero-order valence-electron chi connectivity index (χ0n) is 59.1. The molecule has 4 aromatic heterocycles. The summed E-state index contributed by atoms with van der Waals surface area (Å²) in [6, 6.07) is 43.8. The van der Waals surface area contributed by atoms with Crippen LogP contribution in [0.3, 0.4) is 0 Å². The maximum atomic E-state index is 13.7. The Balaban J connectivity index is 0.000000204. The van der Waals surface area contributed by atoms with Crippen molar-refractivity contribution < 1.29 is 54.3 Å². The van der Waals surface area contributed by atoms with Crippen molar-refractivity contribution in [2.24, 2.45) is 0 Å². The van der Waals surface area contributed by atoms with Crippen molar-refractivity contribution >= 4 is 127 Å². The molecule has 0 unspecified atom stereocenters. The quantitative estimate of drug-likeness (QED) is 0.0678. The Bertz CT molecular complexity index is 5100. The number of likely N-dealkylation sites (N-methyl/N-ethyl adjacent to an activating group) is 1. The van der Waals surface area contributed by atoms with E-state index in [1.54, 1.807) is 104 Å². The summed E-state index contributed by atoms with van der Waals surface area (Å²) in [5.41, 5.74) is 8.94. The Morgan fingerprint density at radius 2 is 1.19 bits per heavy atom. The van der Waals surface area contributed by atoms with Gasteiger partial charge in [0.2, 0.25) is 23.6 Å². The summed E-state index contributed by atoms with van der Waals surface area (Å²) in [5.74, 6) is 0.302. The highest BCUT2D eigenvalue weighted by molar-refractivity contribution is 7.93. The summed E-state index contributed by atoms with van der Waals surface area (Å²) in [6.07, 6.45) is 6.01. The molecule has 3 fully saturated rings. The van der Waals surface area contributed by atoms with Gasteiger partial charge >= 0.3 is 0 Å². The fraction of sp³-hybridized carbons (Fsp3) is 0.311. The second kappa shape index (κ2) is 33.0. The molecule has 8 heterocycles. The molecule has 0 bridgehead atoms. The second-order valence-electron chi connectivity index (χ2n) is 26.0. The number of amides is 3. The third-order valence-electron chi connectivity index (χ3n) is 19.2. The van der Waals surface area contributed by atoms with E-state index in [9.17, 15) is 44.0 Å². The van der Waals surface area contributed by atoms with Gasteiger partial charge in [0.1, 0.15) is 30.5 Å². The van der Waals surface area contributed by atoms with Crippen molar-refractivity contribution in [2.45, 2.75) is 67.8 Å². The first-order valence-corrected chi connectivity index (χ1v) is 40.2. The largest absolute Gasteiger partial charge is 0.368 e. The Morgan fingerprint density at radius 1 is 0.623 bits per heavy atom. The summed E-state index contributed by atoms with van der Waals surface area (Å²) in [6.45, 7) is 16.4. The maximum Gasteiger partial charge on any atom is 0.264 e. The summed E-state index contributed by atoms with van der Waals surface area (Å²) in [7, 11) is -9.36. The molecule has 0 saturated carbocycles. The van der Waals surface area contributed by atoms with Gasteiger partial charge in [-0.1, -0.05) is 41.0 Å². The molecular weight excluding hydrogens is 1460 g/mol. The van der Waals surface area contributed by atoms with Crippen molar-refractivity contribution in [1.29, 1.82) is 0 Å². The van der Waals surface area contributed by atoms with E-state index in [1.165, 1.54) is 36.0 Å². The van der Waals surface area contributed by atoms with Crippen molar-refractivity contribution in [2.75, 3.05) is 137 Å². The highest BCUT2D eigenvalue weighted by Gasteiger charge is 2.33. The van der Waals surface area contributed by atoms with Crippen LogP contribution >= 0.6 is 22.9 Å². The average Bonchev–Trinajstić information content (AvgIpc) is 1.39. The van der Waals surface area contributed by atoms with Gasteiger partial charge < -0.3 is 48.3 Å². The molecule has 4 aliphatic rings. The standard InChI is InChI=1S/C27H32FN5O4S.C24H25N5O3S2.C23H25ClN6O3S.4H2/c1-18-19(2)29-37-26(18)30-38(35,36)24-9-7-23(8-10-24)31-13-15-32(16-14-31)27(34)20(3)33-12-4-5-21-17-22(28)6-11-25(21)33;1-18-16-19-4-2-3-5-22(19)29(18)17-23(30)28-13-11-27(12-14-28)20-6-8-21(9-7-20)34(31,32)26-24-25-10-15-33-24;1-28(20-4-2-3-18(24)15-20)16-23(31)30-13-11-29(12-14-30)19-5-7-21(8-6-19)34(32,33)27-22-9-10-25-17-26-22;;;;/h6-11,17,20,30H,4-5,12-16H2,1-3H3;2-10,15-16H,11-14,17H2,1H3,(H,25,26);2-10,15,17H,11-14,16H2,1H3,(H,25,26,27);4*1H/t20-;;;;;;/m1....../s1. The topological polar surface area (TPSA) is 285 Å². The minimum absolute atomic E-state index is 0. The van der Waals surface area contributed by atoms with Gasteiger partial charge in [0.05, 0.1) is 26.9 Å². The maximum absolute atomic E-state index is 13.7. The number of anilines is 8. The number of aryl methyl sites for hydroxylation is 3. The van der Waals surface area contributed by atoms with Gasteiger partial charge in [-0.15, -0.1) is 11.3 Å². The fourth-order valence-corrected chi connectivity index (χ4v) is 17.1. The number of nitrogens with one attached hydrogen (secondary N) is 3. The molecule has 3 saturated heterocycles. The van der Waals surface area contributed by atoms with Crippen LogP contribution in [-0.4, -0.2) is 187 Å². The van der Waals surface area contributed by atoms with Gasteiger partial charge in [-0.2, -0.15) is 0 Å². The number of nitrogens with zero attached hydrogens (tertiary/aromatic N) is 13. The molecular formula is C74H90ClFN16O10S4. The number of carbonyl (C=O) groups excluding carboxylic acids is 3. The SMILES string of the molecule is CN(CC(=O)N1CCN(c2ccc(S(=O)(=O)Nc3ccncn3)cc2)CC1)c1cccc(Cl)c1.Cc1cc2ccccc2n1CC(=O)N1CCN(c2ccc(S(=O)(=O)Nc3nccs3)cc2)CC1.Cc1noc(NS(=O)(=O)c2ccc(N3CCN(C(=O)[C@@H](C)N4CCCc5cc(F)ccc54)CC3)cc2)c1C.[HH].[HH].[HH].[HH]. The first kappa shape index (κ1) is 75.3. The van der Waals surface area contributed by atoms with Crippen molar-refractivity contribution in [3.8, 4) is 0 Å². The molecule has 32 heteroatoms. The number of piperazine rings is 3. The zero-order chi connectivity index (χ0) is 74.9. The highest BCUT2D eigenvalue weighted by atomic mass is 35.5. The molecule has 1 atom stereocenters. The predicted octanol–water partition coefficient (Wildman–Crippen LogP) is 11.0. The number of hydrogen-bond acceptors (Lipinski definition) is 20. The number of fused-ring (bicyclic) bond motifs is 2. The fourth-order valence-electron chi connectivity index (χ4n) is 13.1. The molecule has 6 aromatic carbocycles. The number of sulfonamides is 3. The van der Waals surface area contributed by atoms with Crippen LogP contribution in [0.1, 0.15) is 41.6 Å². The third kappa shape index (κ3) is 18.1. The average molecular weight is 1550 g/mol. The molecule has 0 radical (unpaired) electrons. The Labute approximate surface area is 631 Å². The summed E-state index contributed by atoms with van der Waals surface area (Å²) >= 11 is 7.28. The molecule has 564 valence electrons. The molecule has 14 rings (SSSR count). The Kier molecular flexibility index (Phi) is 23.4. The van der Waals surface area contributed by atoms with Gasteiger partial charge in [-0.3, -0.25) is 23.8 Å². The van der Waals surface area contributed by atoms with Gasteiger partial charge in [0.25, 0.3) is 30.1 Å². The van der Waals surface area contributed by atoms with Gasteiger partial charge in [-0.25, -0.2) is 49.3 Å². The van der Waals surface area contributed by atoms with Gasteiger partial charge in [0.15, 0.2) is 5.13 Å². The molecule has 0 spiro atoms. The van der Waals surface area contributed by atoms with E-state index in [1.807, 2.05) is 89.0 Å². The lowest BCUT2D eigenvalue weighted by molar-refractivity contribution is -0.133. The number of rotatable bonds is 19. The number of aromatic nitrogens is 5. The van der Waals surface area contributed by atoms with Crippen LogP contribution in [0.2, 0.25) is 5.02 Å². The minimum atomic E-state index is -3.81. The lowest BCUT2D eigenvalue weighted by Crippen LogP contribution is -2.55. The van der Waals surface area contributed by atoms with Crippen LogP contribution in [0.25, 0.3) is 10.9 Å². The molecule has 106 heavy (non-hydrogen) atoms. The summed E-state index contributed by atoms with van der Waals surface area (Å²) in [4.78, 5) is 67.3. The summed E-state index contributed by atoms with van der Waals surface area (Å²) in [5, 5.41) is 7.62. The monoisotopic (exact) mass is 1540 g/mol. The van der Waals surface area contributed by atoms with Crippen LogP contribution in [0.5, 0.6) is 0 Å². The van der Waals surface area contributed by atoms with E-state index in [0.717, 1.165) is 70.0 Å². The molecule has 3 N–H and O–H groups in total. The molecule has 26 nitrogen and oxygen atoms in total. The van der Waals surface area contributed by atoms with Gasteiger partial charge in [-0.05, 0) is 179 Å². The van der Waals surface area contributed by atoms with Crippen LogP contribution in [0.15, 0.2) is 195 Å². The van der Waals surface area contributed by atoms with E-state index in [0.29, 0.717) is 106 Å². The molecule has 3 amide bonds. The second-order valence-corrected chi connectivity index (χ2v) is 32.4. The van der Waals surface area contributed by atoms with Crippen LogP contribution in [0, 0.1) is 26.6 Å². The lowest BCUT2D eigenvalue weighted by Gasteiger charge is -2.41. The number of halogens is 2. The van der Waals surface area contributed by atoms with E-state index >= 15 is 0 Å². The van der Waals surface area contributed by atoms with E-state index in [2.05, 4.69) is 70.6 Å². The number of carbonyl (C=O) groups is 3. The molecule has 4 aliphatic heterocycles. The van der Waals surface area contributed by atoms with Crippen molar-refractivity contribution in [1.82, 2.24) is 39.4 Å². The Morgan fingerprint density at radius 3 is 1.74 bits per heavy atom. The zero-order valence-corrected chi connectivity index (χ0v) is 63.1. The van der Waals surface area contributed by atoms with E-state index in [4.69, 9.17) is 16.1 Å². The van der Waals surface area contributed by atoms with E-state index < -0.39 is 30.1 Å². The predicted molar refractivity (Wildman–Crippen MR) is 420 cm³/mol. The molecule has 0 aliphatic carbocycles. The van der Waals surface area contributed by atoms with E-state index in [-0.39, 0.29) is 68.2 Å². The van der Waals surface area contributed by atoms with Crippen LogP contribution < -0.4 is 38.7 Å². The molecule has 10 aromatic rings. The van der Waals surface area contributed by atoms with Crippen molar-refractivity contribution in [3.63, 3.8) is 0 Å². The van der Waals surface area contributed by atoms with Crippen molar-refractivity contribution in [3.05, 3.63) is 209 Å². The number of thiazole rings is 1. The number of hydrogen-bond donors (Lipinski definition) is 3. The number of para-hydroxylation sites is 1. The smallest absolute Gasteiger partial charge is 0.264 e. The summed E-state index contributed by atoms with van der Waals surface area (Å²) < 4.78 is 104.